The first-order valence-corrected chi connectivity index (χ1v) is 11.1. The highest BCUT2D eigenvalue weighted by atomic mass is 16.5. The number of aliphatic hydroxyl groups excluding tert-OH is 1. The predicted octanol–water partition coefficient (Wildman–Crippen LogP) is 4.41. The van der Waals surface area contributed by atoms with E-state index >= 15 is 0 Å². The minimum atomic E-state index is -0.733. The van der Waals surface area contributed by atoms with Crippen molar-refractivity contribution in [3.8, 4) is 5.75 Å². The van der Waals surface area contributed by atoms with Gasteiger partial charge >= 0.3 is 0 Å². The Morgan fingerprint density at radius 3 is 2.55 bits per heavy atom. The van der Waals surface area contributed by atoms with Crippen LogP contribution in [-0.4, -0.2) is 52.5 Å². The maximum absolute atomic E-state index is 13.2. The van der Waals surface area contributed by atoms with Gasteiger partial charge in [0.15, 0.2) is 0 Å². The van der Waals surface area contributed by atoms with E-state index in [1.165, 1.54) is 4.90 Å². The van der Waals surface area contributed by atoms with Gasteiger partial charge in [0.05, 0.1) is 30.9 Å². The normalized spacial score (nSPS) is 17.9. The van der Waals surface area contributed by atoms with Gasteiger partial charge in [-0.05, 0) is 51.1 Å². The highest BCUT2D eigenvalue weighted by molar-refractivity contribution is 6.46. The van der Waals surface area contributed by atoms with Crippen LogP contribution in [0, 0.1) is 0 Å². The molecule has 7 heteroatoms. The van der Waals surface area contributed by atoms with E-state index in [0.717, 1.165) is 16.5 Å². The number of carbonyl (C=O) groups is 2. The molecule has 1 unspecified atom stereocenters. The number of para-hydroxylation sites is 1. The summed E-state index contributed by atoms with van der Waals surface area (Å²) in [6, 6.07) is 13.8. The number of aliphatic hydroxyl groups is 1. The Balaban J connectivity index is 1.81. The van der Waals surface area contributed by atoms with Crippen molar-refractivity contribution in [1.82, 2.24) is 9.88 Å². The quantitative estimate of drug-likeness (QED) is 0.303. The molecule has 33 heavy (non-hydrogen) atoms. The van der Waals surface area contributed by atoms with E-state index in [1.54, 1.807) is 30.5 Å². The van der Waals surface area contributed by atoms with Gasteiger partial charge in [-0.25, -0.2) is 0 Å². The Bertz CT molecular complexity index is 1190. The van der Waals surface area contributed by atoms with Gasteiger partial charge in [-0.1, -0.05) is 18.2 Å². The summed E-state index contributed by atoms with van der Waals surface area (Å²) in [7, 11) is 0. The van der Waals surface area contributed by atoms with Gasteiger partial charge in [-0.3, -0.25) is 9.59 Å². The average Bonchev–Trinajstić information content (AvgIpc) is 3.33. The first kappa shape index (κ1) is 22.6. The molecule has 172 valence electrons. The van der Waals surface area contributed by atoms with Crippen LogP contribution < -0.4 is 4.74 Å². The van der Waals surface area contributed by atoms with Crippen molar-refractivity contribution in [3.63, 3.8) is 0 Å². The number of hydrogen-bond donors (Lipinski definition) is 2. The minimum absolute atomic E-state index is 0.00258. The Morgan fingerprint density at radius 1 is 1.12 bits per heavy atom. The largest absolute Gasteiger partial charge is 0.507 e. The van der Waals surface area contributed by atoms with Crippen LogP contribution in [0.4, 0.5) is 0 Å². The number of hydrogen-bond acceptors (Lipinski definition) is 5. The fourth-order valence-corrected chi connectivity index (χ4v) is 4.17. The first-order chi connectivity index (χ1) is 15.9. The van der Waals surface area contributed by atoms with E-state index < -0.39 is 17.7 Å². The third-order valence-corrected chi connectivity index (χ3v) is 5.68. The van der Waals surface area contributed by atoms with Gasteiger partial charge < -0.3 is 24.5 Å². The molecule has 1 atom stereocenters. The molecule has 1 aliphatic heterocycles. The smallest absolute Gasteiger partial charge is 0.295 e. The molecule has 1 aromatic heterocycles. The van der Waals surface area contributed by atoms with Crippen molar-refractivity contribution >= 4 is 28.4 Å². The predicted molar refractivity (Wildman–Crippen MR) is 126 cm³/mol. The molecule has 0 aliphatic carbocycles. The minimum Gasteiger partial charge on any atom is -0.507 e. The summed E-state index contributed by atoms with van der Waals surface area (Å²) in [5, 5.41) is 12.1. The number of fused-ring (bicyclic) bond motifs is 1. The molecule has 1 amide bonds. The summed E-state index contributed by atoms with van der Waals surface area (Å²) < 4.78 is 11.1. The Hall–Kier alpha value is -3.58. The van der Waals surface area contributed by atoms with Crippen molar-refractivity contribution in [1.29, 1.82) is 0 Å². The molecule has 0 bridgehead atoms. The summed E-state index contributed by atoms with van der Waals surface area (Å²) in [4.78, 5) is 30.9. The number of rotatable bonds is 8. The van der Waals surface area contributed by atoms with E-state index in [2.05, 4.69) is 4.98 Å². The molecule has 7 nitrogen and oxygen atoms in total. The Morgan fingerprint density at radius 2 is 1.85 bits per heavy atom. The number of amides is 1. The molecule has 1 aliphatic rings. The highest BCUT2D eigenvalue weighted by Crippen LogP contribution is 2.41. The van der Waals surface area contributed by atoms with Crippen molar-refractivity contribution in [2.24, 2.45) is 0 Å². The van der Waals surface area contributed by atoms with Gasteiger partial charge in [0.1, 0.15) is 11.5 Å². The summed E-state index contributed by atoms with van der Waals surface area (Å²) in [5.74, 6) is -0.904. The average molecular weight is 449 g/mol. The molecule has 2 aromatic carbocycles. The zero-order valence-electron chi connectivity index (χ0n) is 19.0. The van der Waals surface area contributed by atoms with Crippen LogP contribution in [-0.2, 0) is 14.3 Å². The molecule has 1 saturated heterocycles. The highest BCUT2D eigenvalue weighted by Gasteiger charge is 2.46. The number of aromatic amines is 1. The SMILES string of the molecule is CCOc1ccc(/C(O)=C2\C(=O)C(=O)N(CCOC(C)C)C2c2c[nH]c3ccccc23)cc1. The molecule has 0 radical (unpaired) electrons. The number of carbonyl (C=O) groups excluding carboxylic acids is 2. The van der Waals surface area contributed by atoms with Gasteiger partial charge in [0.25, 0.3) is 11.7 Å². The number of likely N-dealkylation sites (tertiary alicyclic amines) is 1. The fourth-order valence-electron chi connectivity index (χ4n) is 4.17. The topological polar surface area (TPSA) is 91.9 Å². The summed E-state index contributed by atoms with van der Waals surface area (Å²) in [6.07, 6.45) is 1.79. The number of Topliss-reactive ketones (excluding diaryl/α,β-unsaturated/α-hetero) is 1. The van der Waals surface area contributed by atoms with Crippen LogP contribution in [0.5, 0.6) is 5.75 Å². The van der Waals surface area contributed by atoms with Crippen LogP contribution in [0.3, 0.4) is 0 Å². The zero-order valence-corrected chi connectivity index (χ0v) is 19.0. The van der Waals surface area contributed by atoms with Gasteiger partial charge in [0.2, 0.25) is 0 Å². The lowest BCUT2D eigenvalue weighted by Crippen LogP contribution is -2.33. The van der Waals surface area contributed by atoms with Crippen LogP contribution in [0.2, 0.25) is 0 Å². The molecule has 3 aromatic rings. The third kappa shape index (κ3) is 4.36. The number of nitrogens with one attached hydrogen (secondary N) is 1. The number of benzene rings is 2. The second kappa shape index (κ2) is 9.50. The zero-order chi connectivity index (χ0) is 23.5. The number of ketones is 1. The summed E-state index contributed by atoms with van der Waals surface area (Å²) in [6.45, 7) is 6.75. The van der Waals surface area contributed by atoms with Crippen LogP contribution in [0.1, 0.15) is 37.9 Å². The molecule has 1 fully saturated rings. The Labute approximate surface area is 192 Å². The van der Waals surface area contributed by atoms with Gasteiger partial charge in [-0.15, -0.1) is 0 Å². The second-order valence-electron chi connectivity index (χ2n) is 8.16. The standard InChI is InChI=1S/C26H28N2O5/c1-4-32-18-11-9-17(10-12-18)24(29)22-23(20-15-27-21-8-6-5-7-19(20)21)28(26(31)25(22)30)13-14-33-16(2)3/h5-12,15-16,23,27,29H,4,13-14H2,1-3H3/b24-22+. The molecule has 4 rings (SSSR count). The number of aromatic nitrogens is 1. The van der Waals surface area contributed by atoms with Gasteiger partial charge in [-0.2, -0.15) is 0 Å². The van der Waals surface area contributed by atoms with Crippen molar-refractivity contribution in [2.75, 3.05) is 19.8 Å². The van der Waals surface area contributed by atoms with E-state index in [4.69, 9.17) is 9.47 Å². The number of nitrogens with zero attached hydrogens (tertiary/aromatic N) is 1. The molecule has 2 heterocycles. The maximum atomic E-state index is 13.2. The van der Waals surface area contributed by atoms with Crippen molar-refractivity contribution in [3.05, 3.63) is 71.4 Å². The molecule has 2 N–H and O–H groups in total. The fraction of sp³-hybridized carbons (Fsp3) is 0.308. The molecular weight excluding hydrogens is 420 g/mol. The lowest BCUT2D eigenvalue weighted by Gasteiger charge is -2.25. The summed E-state index contributed by atoms with van der Waals surface area (Å²) in [5.41, 5.74) is 2.15. The van der Waals surface area contributed by atoms with E-state index in [-0.39, 0.29) is 30.6 Å². The van der Waals surface area contributed by atoms with E-state index in [1.807, 2.05) is 45.0 Å². The first-order valence-electron chi connectivity index (χ1n) is 11.1. The molecular formula is C26H28N2O5. The molecule has 0 spiro atoms. The molecule has 0 saturated carbocycles. The lowest BCUT2D eigenvalue weighted by atomic mass is 9.95. The van der Waals surface area contributed by atoms with E-state index in [9.17, 15) is 14.7 Å². The summed E-state index contributed by atoms with van der Waals surface area (Å²) >= 11 is 0. The third-order valence-electron chi connectivity index (χ3n) is 5.68. The van der Waals surface area contributed by atoms with Crippen molar-refractivity contribution in [2.45, 2.75) is 32.9 Å². The van der Waals surface area contributed by atoms with Crippen LogP contribution in [0.15, 0.2) is 60.3 Å². The van der Waals surface area contributed by atoms with Crippen molar-refractivity contribution < 1.29 is 24.2 Å². The monoisotopic (exact) mass is 448 g/mol. The lowest BCUT2D eigenvalue weighted by molar-refractivity contribution is -0.140. The van der Waals surface area contributed by atoms with Crippen LogP contribution in [0.25, 0.3) is 16.7 Å². The second-order valence-corrected chi connectivity index (χ2v) is 8.16. The number of H-pyrrole nitrogens is 1. The van der Waals surface area contributed by atoms with Crippen LogP contribution >= 0.6 is 0 Å². The van der Waals surface area contributed by atoms with E-state index in [0.29, 0.717) is 17.9 Å². The Kier molecular flexibility index (Phi) is 6.51. The van der Waals surface area contributed by atoms with Gasteiger partial charge in [0, 0.05) is 34.8 Å². The number of ether oxygens (including phenoxy) is 2. The maximum Gasteiger partial charge on any atom is 0.295 e.